The molecule has 0 saturated carbocycles. The van der Waals surface area contributed by atoms with Crippen molar-refractivity contribution < 1.29 is 4.74 Å². The van der Waals surface area contributed by atoms with Crippen LogP contribution in [0.15, 0.2) is 17.1 Å². The Morgan fingerprint density at radius 2 is 2.29 bits per heavy atom. The van der Waals surface area contributed by atoms with Gasteiger partial charge in [-0.2, -0.15) is 5.10 Å². The average Bonchev–Trinajstić information content (AvgIpc) is 2.32. The lowest BCUT2D eigenvalue weighted by molar-refractivity contribution is 0.133. The monoisotopic (exact) mass is 253 g/mol. The lowest BCUT2D eigenvalue weighted by atomic mass is 10.2. The highest BCUT2D eigenvalue weighted by atomic mass is 35.5. The largest absolute Gasteiger partial charge is 0.377 e. The topological polar surface area (TPSA) is 57.0 Å². The van der Waals surface area contributed by atoms with E-state index < -0.39 is 0 Å². The van der Waals surface area contributed by atoms with Crippen molar-refractivity contribution in [3.8, 4) is 0 Å². The Bertz CT molecular complexity index is 609. The molecule has 5 nitrogen and oxygen atoms in total. The van der Waals surface area contributed by atoms with Crippen LogP contribution in [0.1, 0.15) is 12.5 Å². The molecule has 0 fully saturated rings. The first-order valence-electron chi connectivity index (χ1n) is 5.22. The zero-order valence-corrected chi connectivity index (χ0v) is 10.4. The quantitative estimate of drug-likeness (QED) is 0.832. The first-order valence-corrected chi connectivity index (χ1v) is 5.60. The molecule has 0 saturated heterocycles. The molecule has 0 N–H and O–H groups in total. The van der Waals surface area contributed by atoms with Crippen LogP contribution in [0.3, 0.4) is 0 Å². The van der Waals surface area contributed by atoms with Gasteiger partial charge in [0.2, 0.25) is 0 Å². The fourth-order valence-corrected chi connectivity index (χ4v) is 1.97. The third-order valence-corrected chi connectivity index (χ3v) is 2.77. The van der Waals surface area contributed by atoms with Crippen LogP contribution in [-0.2, 0) is 18.4 Å². The van der Waals surface area contributed by atoms with Gasteiger partial charge in [-0.05, 0) is 13.0 Å². The lowest BCUT2D eigenvalue weighted by Gasteiger charge is -2.08. The molecule has 90 valence electrons. The highest BCUT2D eigenvalue weighted by Gasteiger charge is 2.10. The molecule has 2 heterocycles. The Balaban J connectivity index is 2.67. The Kier molecular flexibility index (Phi) is 3.40. The van der Waals surface area contributed by atoms with Crippen LogP contribution < -0.4 is 5.56 Å². The van der Waals surface area contributed by atoms with Crippen molar-refractivity contribution in [2.24, 2.45) is 7.05 Å². The number of nitrogens with zero attached hydrogens (tertiary/aromatic N) is 3. The van der Waals surface area contributed by atoms with E-state index in [1.54, 1.807) is 19.3 Å². The maximum atomic E-state index is 12.0. The number of rotatable bonds is 3. The molecule has 0 aliphatic heterocycles. The van der Waals surface area contributed by atoms with Crippen LogP contribution in [0.5, 0.6) is 0 Å². The molecule has 2 aromatic heterocycles. The number of aromatic nitrogens is 3. The predicted molar refractivity (Wildman–Crippen MR) is 65.1 cm³/mol. The summed E-state index contributed by atoms with van der Waals surface area (Å²) in [6.07, 6.45) is 1.58. The Morgan fingerprint density at radius 3 is 3.00 bits per heavy atom. The number of hydrogen-bond donors (Lipinski definition) is 0. The molecule has 6 heteroatoms. The van der Waals surface area contributed by atoms with Gasteiger partial charge in [0.15, 0.2) is 5.15 Å². The molecule has 0 atom stereocenters. The van der Waals surface area contributed by atoms with Crippen LogP contribution in [0.25, 0.3) is 10.9 Å². The number of fused-ring (bicyclic) bond motifs is 1. The standard InChI is InChI=1S/C11H12ClN3O2/c1-3-17-6-8-4-7-5-13-14-10(12)9(7)15(2)11(8)16/h4-5H,3,6H2,1-2H3. The van der Waals surface area contributed by atoms with Gasteiger partial charge in [0.05, 0.1) is 18.3 Å². The molecular formula is C11H12ClN3O2. The highest BCUT2D eigenvalue weighted by molar-refractivity contribution is 6.33. The van der Waals surface area contributed by atoms with Crippen LogP contribution in [0.4, 0.5) is 0 Å². The molecule has 0 spiro atoms. The minimum atomic E-state index is -0.124. The summed E-state index contributed by atoms with van der Waals surface area (Å²) >= 11 is 5.93. The summed E-state index contributed by atoms with van der Waals surface area (Å²) in [5.74, 6) is 0. The minimum absolute atomic E-state index is 0.124. The zero-order chi connectivity index (χ0) is 12.4. The van der Waals surface area contributed by atoms with Crippen LogP contribution in [0.2, 0.25) is 5.15 Å². The predicted octanol–water partition coefficient (Wildman–Crippen LogP) is 1.52. The molecule has 0 bridgehead atoms. The zero-order valence-electron chi connectivity index (χ0n) is 9.61. The number of aryl methyl sites for hydroxylation is 1. The van der Waals surface area contributed by atoms with E-state index in [-0.39, 0.29) is 10.7 Å². The lowest BCUT2D eigenvalue weighted by Crippen LogP contribution is -2.22. The second-order valence-electron chi connectivity index (χ2n) is 3.61. The summed E-state index contributed by atoms with van der Waals surface area (Å²) in [5.41, 5.74) is 1.05. The second-order valence-corrected chi connectivity index (χ2v) is 3.97. The van der Waals surface area contributed by atoms with Crippen molar-refractivity contribution in [3.05, 3.63) is 33.3 Å². The van der Waals surface area contributed by atoms with E-state index in [4.69, 9.17) is 16.3 Å². The van der Waals surface area contributed by atoms with Crippen molar-refractivity contribution >= 4 is 22.5 Å². The van der Waals surface area contributed by atoms with E-state index in [0.717, 1.165) is 5.39 Å². The molecule has 0 radical (unpaired) electrons. The SMILES string of the molecule is CCOCc1cc2cnnc(Cl)c2n(C)c1=O. The van der Waals surface area contributed by atoms with Crippen molar-refractivity contribution in [2.45, 2.75) is 13.5 Å². The molecule has 0 unspecified atom stereocenters. The van der Waals surface area contributed by atoms with E-state index in [2.05, 4.69) is 10.2 Å². The number of pyridine rings is 1. The van der Waals surface area contributed by atoms with Crippen molar-refractivity contribution in [3.63, 3.8) is 0 Å². The van der Waals surface area contributed by atoms with Crippen LogP contribution in [0, 0.1) is 0 Å². The molecule has 2 aromatic rings. The highest BCUT2D eigenvalue weighted by Crippen LogP contribution is 2.18. The Labute approximate surface area is 103 Å². The van der Waals surface area contributed by atoms with E-state index in [9.17, 15) is 4.79 Å². The van der Waals surface area contributed by atoms with Gasteiger partial charge >= 0.3 is 0 Å². The second kappa shape index (κ2) is 4.81. The summed E-state index contributed by atoms with van der Waals surface area (Å²) in [6.45, 7) is 2.74. The Morgan fingerprint density at radius 1 is 1.53 bits per heavy atom. The van der Waals surface area contributed by atoms with Crippen LogP contribution >= 0.6 is 11.6 Å². The van der Waals surface area contributed by atoms with Crippen molar-refractivity contribution in [2.75, 3.05) is 6.61 Å². The Hall–Kier alpha value is -1.46. The smallest absolute Gasteiger partial charge is 0.256 e. The molecular weight excluding hydrogens is 242 g/mol. The van der Waals surface area contributed by atoms with E-state index in [0.29, 0.717) is 24.3 Å². The van der Waals surface area contributed by atoms with Gasteiger partial charge in [0.1, 0.15) is 0 Å². The first-order chi connectivity index (χ1) is 8.15. The van der Waals surface area contributed by atoms with E-state index >= 15 is 0 Å². The summed E-state index contributed by atoms with van der Waals surface area (Å²) in [6, 6.07) is 1.74. The van der Waals surface area contributed by atoms with Gasteiger partial charge in [0, 0.05) is 24.6 Å². The van der Waals surface area contributed by atoms with Gasteiger partial charge in [-0.25, -0.2) is 0 Å². The van der Waals surface area contributed by atoms with Gasteiger partial charge in [-0.3, -0.25) is 4.79 Å². The minimum Gasteiger partial charge on any atom is -0.377 e. The fourth-order valence-electron chi connectivity index (χ4n) is 1.69. The first kappa shape index (κ1) is 12.0. The summed E-state index contributed by atoms with van der Waals surface area (Å²) in [7, 11) is 1.66. The van der Waals surface area contributed by atoms with Gasteiger partial charge in [0.25, 0.3) is 5.56 Å². The fraction of sp³-hybridized carbons (Fsp3) is 0.364. The number of hydrogen-bond acceptors (Lipinski definition) is 4. The number of halogens is 1. The molecule has 0 aliphatic rings. The van der Waals surface area contributed by atoms with E-state index in [1.165, 1.54) is 4.57 Å². The maximum absolute atomic E-state index is 12.0. The van der Waals surface area contributed by atoms with Gasteiger partial charge in [-0.15, -0.1) is 5.10 Å². The molecule has 0 amide bonds. The third kappa shape index (κ3) is 2.16. The molecule has 0 aromatic carbocycles. The third-order valence-electron chi connectivity index (χ3n) is 2.52. The molecule has 2 rings (SSSR count). The van der Waals surface area contributed by atoms with Gasteiger partial charge in [-0.1, -0.05) is 11.6 Å². The summed E-state index contributed by atoms with van der Waals surface area (Å²) < 4.78 is 6.73. The van der Waals surface area contributed by atoms with Crippen molar-refractivity contribution in [1.82, 2.24) is 14.8 Å². The normalized spacial score (nSPS) is 11.0. The average molecular weight is 254 g/mol. The maximum Gasteiger partial charge on any atom is 0.256 e. The molecule has 17 heavy (non-hydrogen) atoms. The molecule has 0 aliphatic carbocycles. The van der Waals surface area contributed by atoms with Gasteiger partial charge < -0.3 is 9.30 Å². The summed E-state index contributed by atoms with van der Waals surface area (Å²) in [4.78, 5) is 12.0. The summed E-state index contributed by atoms with van der Waals surface area (Å²) in [5, 5.41) is 8.50. The number of ether oxygens (including phenoxy) is 1. The van der Waals surface area contributed by atoms with Crippen molar-refractivity contribution in [1.29, 1.82) is 0 Å². The van der Waals surface area contributed by atoms with Crippen LogP contribution in [-0.4, -0.2) is 21.4 Å². The van der Waals surface area contributed by atoms with E-state index in [1.807, 2.05) is 6.92 Å².